The van der Waals surface area contributed by atoms with E-state index in [9.17, 15) is 29.5 Å². The van der Waals surface area contributed by atoms with Gasteiger partial charge in [0.1, 0.15) is 30.0 Å². The van der Waals surface area contributed by atoms with Crippen molar-refractivity contribution in [2.24, 2.45) is 16.8 Å². The number of likely N-dealkylation sites (N-methyl/N-ethyl adjacent to an activating group) is 1. The Morgan fingerprint density at radius 1 is 1.17 bits per heavy atom. The summed E-state index contributed by atoms with van der Waals surface area (Å²) in [6, 6.07) is 5.70. The highest BCUT2D eigenvalue weighted by Gasteiger charge is 2.52. The number of rotatable bonds is 8. The van der Waals surface area contributed by atoms with Gasteiger partial charge in [0, 0.05) is 36.9 Å². The first-order chi connectivity index (χ1) is 22.0. The molecule has 2 aliphatic carbocycles. The highest BCUT2D eigenvalue weighted by molar-refractivity contribution is 6.29. The predicted octanol–water partition coefficient (Wildman–Crippen LogP) is 2.44. The molecule has 5 atom stereocenters. The lowest BCUT2D eigenvalue weighted by Crippen LogP contribution is -2.56. The summed E-state index contributed by atoms with van der Waals surface area (Å²) in [6.07, 6.45) is -1.09. The Labute approximate surface area is 265 Å². The quantitative estimate of drug-likeness (QED) is 0.277. The van der Waals surface area contributed by atoms with Crippen molar-refractivity contribution in [1.29, 1.82) is 0 Å². The molecule has 2 fully saturated rings. The van der Waals surface area contributed by atoms with Crippen LogP contribution in [0.4, 0.5) is 0 Å². The summed E-state index contributed by atoms with van der Waals surface area (Å²) in [7, 11) is 3.31. The average molecular weight is 642 g/mol. The number of fused-ring (bicyclic) bond motifs is 1. The molecule has 0 amide bonds. The summed E-state index contributed by atoms with van der Waals surface area (Å²) < 4.78 is 29.2. The first-order valence-electron chi connectivity index (χ1n) is 15.1. The number of hydrogen-bond acceptors (Lipinski definition) is 14. The third-order valence-corrected chi connectivity index (χ3v) is 8.82. The van der Waals surface area contributed by atoms with E-state index < -0.39 is 64.5 Å². The van der Waals surface area contributed by atoms with Crippen molar-refractivity contribution in [1.82, 2.24) is 4.90 Å². The van der Waals surface area contributed by atoms with Gasteiger partial charge in [-0.15, -0.1) is 0 Å². The van der Waals surface area contributed by atoms with E-state index in [1.54, 1.807) is 6.07 Å². The maximum atomic E-state index is 14.4. The van der Waals surface area contributed by atoms with Crippen LogP contribution >= 0.6 is 0 Å². The molecule has 4 N–H and O–H groups in total. The Hall–Kier alpha value is -3.79. The Morgan fingerprint density at radius 2 is 1.96 bits per heavy atom. The topological polar surface area (TPSA) is 197 Å². The molecule has 4 aliphatic rings. The largest absolute Gasteiger partial charge is 0.507 e. The average Bonchev–Trinajstić information content (AvgIpc) is 3.02. The molecule has 248 valence electrons. The number of hydrogen-bond donors (Lipinski definition) is 3. The van der Waals surface area contributed by atoms with E-state index in [4.69, 9.17) is 29.4 Å². The maximum absolute atomic E-state index is 14.4. The molecule has 1 aromatic rings. The summed E-state index contributed by atoms with van der Waals surface area (Å²) in [5.41, 5.74) is 3.66. The van der Waals surface area contributed by atoms with Crippen molar-refractivity contribution >= 4 is 17.3 Å². The van der Waals surface area contributed by atoms with Gasteiger partial charge in [0.05, 0.1) is 49.7 Å². The highest BCUT2D eigenvalue weighted by atomic mass is 16.7. The van der Waals surface area contributed by atoms with Crippen LogP contribution < -0.4 is 10.5 Å². The second-order valence-corrected chi connectivity index (χ2v) is 11.9. The number of morpholine rings is 1. The lowest BCUT2D eigenvalue weighted by molar-refractivity contribution is -0.252. The van der Waals surface area contributed by atoms with Gasteiger partial charge in [-0.1, -0.05) is 17.3 Å². The minimum atomic E-state index is -2.04. The van der Waals surface area contributed by atoms with Crippen molar-refractivity contribution in [3.8, 4) is 17.2 Å². The van der Waals surface area contributed by atoms with Gasteiger partial charge in [0.25, 0.3) is 0 Å². The number of nitrogens with zero attached hydrogens (tertiary/aromatic N) is 2. The second-order valence-electron chi connectivity index (χ2n) is 11.9. The number of allylic oxidation sites excluding steroid dienone is 1. The van der Waals surface area contributed by atoms with Crippen LogP contribution in [0.25, 0.3) is 0 Å². The van der Waals surface area contributed by atoms with Crippen LogP contribution in [0.3, 0.4) is 0 Å². The number of ether oxygens (including phenoxy) is 5. The van der Waals surface area contributed by atoms with Gasteiger partial charge in [0.15, 0.2) is 29.4 Å². The third-order valence-electron chi connectivity index (χ3n) is 8.82. The number of ketones is 3. The zero-order valence-electron chi connectivity index (χ0n) is 26.0. The van der Waals surface area contributed by atoms with E-state index in [0.29, 0.717) is 26.1 Å². The Bertz CT molecular complexity index is 1500. The van der Waals surface area contributed by atoms with Crippen molar-refractivity contribution in [3.63, 3.8) is 0 Å². The molecule has 14 heteroatoms. The minimum absolute atomic E-state index is 0.151. The van der Waals surface area contributed by atoms with Crippen molar-refractivity contribution in [3.05, 3.63) is 57.0 Å². The SMILES string of the molecule is COc1cccc(C)c(O)c2c(c(O)c1)C(=O)C1=C(CC(C(=O)CN=O)C[C@]1(N)OC1CC[C@H](OC3COCCN3C)CO1)C2=O. The molecule has 0 bridgehead atoms. The standard InChI is InChI=1S/C32H39N3O11/c1-17-5-4-6-19(42-3)12-22(36)26-27(29(17)38)30(39)21-11-18(23(37)14-34-41)13-32(33,28(21)31(26)40)46-25-8-7-20(15-44-25)45-24-16-43-10-9-35(24)2/h4-6,12,18,20,24-25,36,38H,7-11,13-16,33H2,1-3H3/t18?,20-,24?,25?,32-/m0/s1. The van der Waals surface area contributed by atoms with E-state index in [0.717, 1.165) is 12.6 Å². The van der Waals surface area contributed by atoms with Crippen LogP contribution in [0.2, 0.25) is 0 Å². The van der Waals surface area contributed by atoms with Gasteiger partial charge in [-0.05, 0) is 38.4 Å². The first kappa shape index (κ1) is 33.6. The Kier molecular flexibility index (Phi) is 10.2. The summed E-state index contributed by atoms with van der Waals surface area (Å²) >= 11 is 0. The molecule has 0 aromatic heterocycles. The number of nitrogens with two attached hydrogens (primary N) is 1. The van der Waals surface area contributed by atoms with Crippen molar-refractivity contribution in [2.45, 2.75) is 57.0 Å². The molecule has 1 aromatic carbocycles. The molecule has 46 heavy (non-hydrogen) atoms. The Balaban J connectivity index is 1.52. The van der Waals surface area contributed by atoms with Crippen LogP contribution in [0, 0.1) is 17.7 Å². The molecule has 2 aliphatic heterocycles. The number of carbonyl (C=O) groups is 3. The lowest BCUT2D eigenvalue weighted by Gasteiger charge is -2.44. The van der Waals surface area contributed by atoms with Crippen LogP contribution in [0.15, 0.2) is 40.6 Å². The van der Waals surface area contributed by atoms with Gasteiger partial charge in [0.2, 0.25) is 0 Å². The molecule has 14 nitrogen and oxygen atoms in total. The molecule has 5 rings (SSSR count). The van der Waals surface area contributed by atoms with Gasteiger partial charge < -0.3 is 33.9 Å². The van der Waals surface area contributed by atoms with Gasteiger partial charge in [-0.3, -0.25) is 25.0 Å². The summed E-state index contributed by atoms with van der Waals surface area (Å²) in [6.45, 7) is 2.80. The molecule has 2 saturated heterocycles. The zero-order chi connectivity index (χ0) is 33.2. The second kappa shape index (κ2) is 13.9. The van der Waals surface area contributed by atoms with Gasteiger partial charge >= 0.3 is 0 Å². The fourth-order valence-electron chi connectivity index (χ4n) is 6.29. The number of nitroso groups, excluding NO2 is 1. The number of carbonyl (C=O) groups excluding carboxylic acids is 3. The number of aromatic hydroxyl groups is 2. The molecule has 0 radical (unpaired) electrons. The van der Waals surface area contributed by atoms with Crippen LogP contribution in [-0.4, -0.2) is 104 Å². The van der Waals surface area contributed by atoms with Gasteiger partial charge in [-0.2, -0.15) is 4.91 Å². The normalized spacial score (nSPS) is 28.2. The predicted molar refractivity (Wildman–Crippen MR) is 162 cm³/mol. The fourth-order valence-corrected chi connectivity index (χ4v) is 6.29. The molecule has 0 spiro atoms. The summed E-state index contributed by atoms with van der Waals surface area (Å²) in [4.78, 5) is 54.6. The first-order valence-corrected chi connectivity index (χ1v) is 15.1. The molecular formula is C32H39N3O11. The number of Topliss-reactive ketones (excluding diaryl/α,β-unsaturated/α-hetero) is 3. The van der Waals surface area contributed by atoms with Crippen molar-refractivity contribution in [2.75, 3.05) is 47.1 Å². The smallest absolute Gasteiger partial charge is 0.198 e. The zero-order valence-corrected chi connectivity index (χ0v) is 26.0. The molecule has 3 unspecified atom stereocenters. The van der Waals surface area contributed by atoms with Gasteiger partial charge in [-0.25, -0.2) is 0 Å². The Morgan fingerprint density at radius 3 is 2.63 bits per heavy atom. The van der Waals surface area contributed by atoms with Crippen molar-refractivity contribution < 1.29 is 48.3 Å². The van der Waals surface area contributed by atoms with E-state index >= 15 is 0 Å². The van der Waals surface area contributed by atoms with E-state index in [1.807, 2.05) is 7.05 Å². The van der Waals surface area contributed by atoms with E-state index in [2.05, 4.69) is 10.1 Å². The fraction of sp³-hybridized carbons (Fsp3) is 0.531. The van der Waals surface area contributed by atoms with E-state index in [1.165, 1.54) is 26.2 Å². The third kappa shape index (κ3) is 6.68. The van der Waals surface area contributed by atoms with E-state index in [-0.39, 0.29) is 54.2 Å². The summed E-state index contributed by atoms with van der Waals surface area (Å²) in [5.74, 6) is -4.27. The molecular weight excluding hydrogens is 602 g/mol. The highest BCUT2D eigenvalue weighted by Crippen LogP contribution is 2.47. The number of aryl methyl sites for hydroxylation is 1. The maximum Gasteiger partial charge on any atom is 0.198 e. The van der Waals surface area contributed by atoms with Crippen LogP contribution in [0.5, 0.6) is 17.2 Å². The molecule has 2 heterocycles. The van der Waals surface area contributed by atoms with Crippen LogP contribution in [0.1, 0.15) is 52.0 Å². The monoisotopic (exact) mass is 641 g/mol. The number of methoxy groups -OCH3 is 1. The molecule has 0 saturated carbocycles. The summed E-state index contributed by atoms with van der Waals surface area (Å²) in [5, 5.41) is 25.1. The van der Waals surface area contributed by atoms with Crippen LogP contribution in [-0.2, 0) is 23.7 Å². The lowest BCUT2D eigenvalue weighted by atomic mass is 9.69. The minimum Gasteiger partial charge on any atom is -0.507 e.